The maximum atomic E-state index is 14.7. The second kappa shape index (κ2) is 16.1. The molecule has 1 aromatic heterocycles. The van der Waals surface area contributed by atoms with Crippen molar-refractivity contribution in [1.82, 2.24) is 25.5 Å². The van der Waals surface area contributed by atoms with Crippen molar-refractivity contribution in [3.63, 3.8) is 0 Å². The maximum Gasteiger partial charge on any atom is 0.291 e. The Morgan fingerprint density at radius 2 is 1.80 bits per heavy atom. The molecule has 0 spiro atoms. The van der Waals surface area contributed by atoms with E-state index >= 15 is 0 Å². The number of carbonyl (C=O) groups excluding carboxylic acids is 3. The summed E-state index contributed by atoms with van der Waals surface area (Å²) in [5, 5.41) is 37.0. The molecule has 6 N–H and O–H groups in total. The van der Waals surface area contributed by atoms with Crippen molar-refractivity contribution in [2.75, 3.05) is 38.1 Å². The third-order valence-corrected chi connectivity index (χ3v) is 7.08. The minimum Gasteiger partial charge on any atom is -0.483 e. The second-order valence-corrected chi connectivity index (χ2v) is 10.1. The molecule has 0 unspecified atom stereocenters. The highest BCUT2D eigenvalue weighted by molar-refractivity contribution is 6.03. The first-order chi connectivity index (χ1) is 22.0. The first kappa shape index (κ1) is 35.1. The van der Waals surface area contributed by atoms with Gasteiger partial charge in [0.2, 0.25) is 5.82 Å². The van der Waals surface area contributed by atoms with Crippen LogP contribution in [0.5, 0.6) is 5.75 Å². The second-order valence-electron chi connectivity index (χ2n) is 10.1. The number of nitrogens with one attached hydrogen (secondary N) is 4. The van der Waals surface area contributed by atoms with E-state index in [0.717, 1.165) is 0 Å². The monoisotopic (exact) mass is 641 g/mol. The first-order valence-corrected chi connectivity index (χ1v) is 14.0. The molecule has 0 atom stereocenters. The highest BCUT2D eigenvalue weighted by atomic mass is 19.2. The number of aliphatic hydroxyl groups is 1. The summed E-state index contributed by atoms with van der Waals surface area (Å²) >= 11 is 0. The number of amides is 3. The zero-order chi connectivity index (χ0) is 33.9. The van der Waals surface area contributed by atoms with E-state index in [1.807, 2.05) is 0 Å². The summed E-state index contributed by atoms with van der Waals surface area (Å²) in [5.41, 5.74) is -0.110. The number of aryl methyl sites for hydroxylation is 1. The third-order valence-electron chi connectivity index (χ3n) is 7.08. The number of hydrogen-bond donors (Lipinski definition) is 6. The Labute approximate surface area is 262 Å². The van der Waals surface area contributed by atoms with Crippen LogP contribution >= 0.6 is 0 Å². The summed E-state index contributed by atoms with van der Waals surface area (Å²) in [4.78, 5) is 50.3. The number of aromatic nitrogens is 2. The minimum atomic E-state index is -1.41. The molecule has 0 bridgehead atoms. The Morgan fingerprint density at radius 3 is 2.46 bits per heavy atom. The number of anilines is 1. The molecular formula is C30H33F2N7O7. The molecule has 1 saturated heterocycles. The van der Waals surface area contributed by atoms with Gasteiger partial charge in [-0.2, -0.15) is 9.65 Å². The highest BCUT2D eigenvalue weighted by Crippen LogP contribution is 2.30. The Kier molecular flexibility index (Phi) is 12.3. The third kappa shape index (κ3) is 8.40. The van der Waals surface area contributed by atoms with Crippen molar-refractivity contribution < 1.29 is 42.9 Å². The SMILES string of the molecule is Cc1cc(NC(=O)c2ncc(-c3ccc(OCC#N)c(F)c3F)n2C)ccc1C(=O)NCCNC(=O)C1(O)CCNCC1.O=CO. The van der Waals surface area contributed by atoms with Crippen molar-refractivity contribution >= 4 is 29.9 Å². The quantitative estimate of drug-likeness (QED) is 0.139. The molecule has 4 rings (SSSR count). The molecule has 0 saturated carbocycles. The Bertz CT molecular complexity index is 1630. The van der Waals surface area contributed by atoms with Gasteiger partial charge in [-0.1, -0.05) is 0 Å². The van der Waals surface area contributed by atoms with Crippen LogP contribution in [0.15, 0.2) is 36.5 Å². The van der Waals surface area contributed by atoms with Crippen LogP contribution in [0.4, 0.5) is 14.5 Å². The number of halogens is 2. The number of piperidine rings is 1. The lowest BCUT2D eigenvalue weighted by Gasteiger charge is -2.31. The average Bonchev–Trinajstić information content (AvgIpc) is 3.41. The summed E-state index contributed by atoms with van der Waals surface area (Å²) < 4.78 is 35.3. The topological polar surface area (TPSA) is 208 Å². The van der Waals surface area contributed by atoms with Crippen LogP contribution in [-0.4, -0.2) is 82.3 Å². The number of ether oxygens (including phenoxy) is 1. The minimum absolute atomic E-state index is 0.0738. The van der Waals surface area contributed by atoms with Gasteiger partial charge in [-0.15, -0.1) is 0 Å². The van der Waals surface area contributed by atoms with Crippen LogP contribution < -0.4 is 26.0 Å². The van der Waals surface area contributed by atoms with E-state index in [9.17, 15) is 28.3 Å². The summed E-state index contributed by atoms with van der Waals surface area (Å²) in [6.45, 7) is 2.40. The molecule has 2 heterocycles. The van der Waals surface area contributed by atoms with Gasteiger partial charge in [-0.3, -0.25) is 19.2 Å². The number of benzene rings is 2. The van der Waals surface area contributed by atoms with Crippen LogP contribution in [0.1, 0.15) is 39.4 Å². The number of carbonyl (C=O) groups is 4. The van der Waals surface area contributed by atoms with E-state index in [2.05, 4.69) is 26.3 Å². The van der Waals surface area contributed by atoms with Gasteiger partial charge < -0.3 is 40.8 Å². The number of carboxylic acid groups (broad SMARTS) is 1. The number of nitrogens with zero attached hydrogens (tertiary/aromatic N) is 3. The van der Waals surface area contributed by atoms with Crippen LogP contribution in [0.25, 0.3) is 11.3 Å². The van der Waals surface area contributed by atoms with Gasteiger partial charge >= 0.3 is 0 Å². The van der Waals surface area contributed by atoms with Gasteiger partial charge in [-0.05, 0) is 68.8 Å². The van der Waals surface area contributed by atoms with Crippen LogP contribution in [0, 0.1) is 29.9 Å². The van der Waals surface area contributed by atoms with Crippen molar-refractivity contribution in [3.8, 4) is 23.1 Å². The predicted molar refractivity (Wildman–Crippen MR) is 160 cm³/mol. The van der Waals surface area contributed by atoms with Crippen LogP contribution in [0.3, 0.4) is 0 Å². The van der Waals surface area contributed by atoms with Gasteiger partial charge in [0, 0.05) is 37.0 Å². The van der Waals surface area contributed by atoms with E-state index in [1.54, 1.807) is 19.1 Å². The van der Waals surface area contributed by atoms with Crippen molar-refractivity contribution in [1.29, 1.82) is 5.26 Å². The van der Waals surface area contributed by atoms with Crippen molar-refractivity contribution in [2.45, 2.75) is 25.4 Å². The Balaban J connectivity index is 0.00000185. The smallest absolute Gasteiger partial charge is 0.291 e. The standard InChI is InChI=1S/C29H31F2N7O5.CH2O2/c1-17-15-18(3-4-19(17)26(39)34-12-13-35-28(41)29(42)7-10-33-11-8-29)37-27(40)25-36-16-21(38(25)2)20-5-6-22(43-14-9-32)24(31)23(20)30;2-1-3/h3-6,15-16,33,42H,7-8,10-14H2,1-2H3,(H,34,39)(H,35,41)(H,37,40);1H,(H,2,3). The summed E-state index contributed by atoms with van der Waals surface area (Å²) in [5.74, 6) is -4.42. The summed E-state index contributed by atoms with van der Waals surface area (Å²) in [6, 6.07) is 8.80. The fourth-order valence-electron chi connectivity index (χ4n) is 4.68. The van der Waals surface area contributed by atoms with Gasteiger partial charge in [-0.25, -0.2) is 9.37 Å². The fraction of sp³-hybridized carbons (Fsp3) is 0.333. The molecule has 1 aliphatic rings. The lowest BCUT2D eigenvalue weighted by atomic mass is 9.91. The van der Waals surface area contributed by atoms with E-state index in [4.69, 9.17) is 19.9 Å². The summed E-state index contributed by atoms with van der Waals surface area (Å²) in [7, 11) is 1.47. The summed E-state index contributed by atoms with van der Waals surface area (Å²) in [6.07, 6.45) is 1.87. The number of imidazole rings is 1. The fourth-order valence-corrected chi connectivity index (χ4v) is 4.68. The molecule has 46 heavy (non-hydrogen) atoms. The number of hydrogen-bond acceptors (Lipinski definition) is 9. The van der Waals surface area contributed by atoms with Crippen LogP contribution in [-0.2, 0) is 16.6 Å². The van der Waals surface area contributed by atoms with E-state index in [1.165, 1.54) is 42.1 Å². The van der Waals surface area contributed by atoms with Gasteiger partial charge in [0.1, 0.15) is 11.7 Å². The lowest BCUT2D eigenvalue weighted by Crippen LogP contribution is -2.53. The van der Waals surface area contributed by atoms with Gasteiger partial charge in [0.05, 0.1) is 11.9 Å². The van der Waals surface area contributed by atoms with E-state index < -0.39 is 41.4 Å². The van der Waals surface area contributed by atoms with Gasteiger partial charge in [0.25, 0.3) is 24.2 Å². The van der Waals surface area contributed by atoms with Crippen LogP contribution in [0.2, 0.25) is 0 Å². The molecule has 3 aromatic rings. The zero-order valence-electron chi connectivity index (χ0n) is 25.0. The molecule has 3 amide bonds. The first-order valence-electron chi connectivity index (χ1n) is 14.0. The molecule has 14 nitrogen and oxygen atoms in total. The average molecular weight is 642 g/mol. The zero-order valence-corrected chi connectivity index (χ0v) is 25.0. The predicted octanol–water partition coefficient (Wildman–Crippen LogP) is 1.49. The highest BCUT2D eigenvalue weighted by Gasteiger charge is 2.36. The lowest BCUT2D eigenvalue weighted by molar-refractivity contribution is -0.142. The molecule has 16 heteroatoms. The normalized spacial score (nSPS) is 13.3. The molecule has 0 radical (unpaired) electrons. The molecule has 1 aliphatic heterocycles. The Morgan fingerprint density at radius 1 is 1.13 bits per heavy atom. The number of rotatable bonds is 10. The largest absolute Gasteiger partial charge is 0.483 e. The number of nitriles is 1. The molecule has 2 aromatic carbocycles. The van der Waals surface area contributed by atoms with E-state index in [0.29, 0.717) is 42.7 Å². The Hall–Kier alpha value is -5.40. The molecule has 0 aliphatic carbocycles. The van der Waals surface area contributed by atoms with Gasteiger partial charge in [0.15, 0.2) is 24.0 Å². The van der Waals surface area contributed by atoms with Crippen molar-refractivity contribution in [2.24, 2.45) is 7.05 Å². The van der Waals surface area contributed by atoms with Crippen molar-refractivity contribution in [3.05, 3.63) is 65.1 Å². The molecule has 244 valence electrons. The van der Waals surface area contributed by atoms with E-state index in [-0.39, 0.29) is 42.6 Å². The maximum absolute atomic E-state index is 14.7. The molecular weight excluding hydrogens is 608 g/mol. The molecule has 1 fully saturated rings.